The highest BCUT2D eigenvalue weighted by Gasteiger charge is 2.09. The second-order valence-corrected chi connectivity index (χ2v) is 6.51. The summed E-state index contributed by atoms with van der Waals surface area (Å²) in [5.74, 6) is 0.634. The van der Waals surface area contributed by atoms with Crippen LogP contribution in [0.2, 0.25) is 5.02 Å². The van der Waals surface area contributed by atoms with E-state index >= 15 is 0 Å². The van der Waals surface area contributed by atoms with Gasteiger partial charge >= 0.3 is 0 Å². The monoisotopic (exact) mass is 357 g/mol. The predicted molar refractivity (Wildman–Crippen MR) is 83.8 cm³/mol. The number of hydrogen-bond acceptors (Lipinski definition) is 3. The third-order valence-electron chi connectivity index (χ3n) is 2.55. The fraction of sp³-hybridized carbons (Fsp3) is 0.214. The third-order valence-corrected chi connectivity index (χ3v) is 4.52. The average Bonchev–Trinajstić information content (AvgIpc) is 2.39. The molecule has 2 nitrogen and oxygen atoms in total. The van der Waals surface area contributed by atoms with Crippen LogP contribution in [0.25, 0.3) is 0 Å². The van der Waals surface area contributed by atoms with Crippen LogP contribution in [0, 0.1) is 0 Å². The maximum Gasteiger partial charge on any atom is 0.0674 e. The number of rotatable bonds is 5. The Balaban J connectivity index is 1.88. The van der Waals surface area contributed by atoms with Gasteiger partial charge in [-0.3, -0.25) is 4.98 Å². The van der Waals surface area contributed by atoms with Crippen molar-refractivity contribution >= 4 is 39.3 Å². The van der Waals surface area contributed by atoms with E-state index in [1.165, 1.54) is 0 Å². The number of aromatic nitrogens is 1. The molecule has 1 aromatic carbocycles. The number of halogens is 2. The zero-order valence-corrected chi connectivity index (χ0v) is 13.3. The number of aliphatic hydroxyl groups is 1. The Morgan fingerprint density at radius 2 is 2.21 bits per heavy atom. The molecule has 0 saturated carbocycles. The summed E-state index contributed by atoms with van der Waals surface area (Å²) in [4.78, 5) is 5.07. The van der Waals surface area contributed by atoms with Crippen LogP contribution in [-0.4, -0.2) is 21.9 Å². The van der Waals surface area contributed by atoms with E-state index in [9.17, 15) is 5.11 Å². The van der Waals surface area contributed by atoms with E-state index in [0.29, 0.717) is 17.2 Å². The van der Waals surface area contributed by atoms with Crippen LogP contribution in [0.1, 0.15) is 5.56 Å². The van der Waals surface area contributed by atoms with Crippen LogP contribution in [-0.2, 0) is 6.42 Å². The molecule has 2 rings (SSSR count). The van der Waals surface area contributed by atoms with Crippen LogP contribution >= 0.6 is 39.3 Å². The van der Waals surface area contributed by atoms with Crippen LogP contribution in [0.5, 0.6) is 0 Å². The van der Waals surface area contributed by atoms with E-state index in [4.69, 9.17) is 11.6 Å². The van der Waals surface area contributed by atoms with Gasteiger partial charge in [0.15, 0.2) is 0 Å². The van der Waals surface area contributed by atoms with Gasteiger partial charge in [-0.2, -0.15) is 0 Å². The minimum absolute atomic E-state index is 0.427. The molecule has 0 aliphatic carbocycles. The summed E-state index contributed by atoms with van der Waals surface area (Å²) >= 11 is 11.1. The van der Waals surface area contributed by atoms with Crippen molar-refractivity contribution in [2.75, 3.05) is 5.75 Å². The van der Waals surface area contributed by atoms with Crippen molar-refractivity contribution in [2.24, 2.45) is 0 Å². The molecule has 0 aliphatic heterocycles. The fourth-order valence-corrected chi connectivity index (χ4v) is 3.27. The zero-order valence-electron chi connectivity index (χ0n) is 10.1. The molecule has 1 atom stereocenters. The van der Waals surface area contributed by atoms with Crippen LogP contribution < -0.4 is 0 Å². The largest absolute Gasteiger partial charge is 0.392 e. The average molecular weight is 359 g/mol. The Kier molecular flexibility index (Phi) is 5.70. The van der Waals surface area contributed by atoms with Gasteiger partial charge in [0.2, 0.25) is 0 Å². The molecule has 0 radical (unpaired) electrons. The molecule has 0 saturated heterocycles. The van der Waals surface area contributed by atoms with Crippen molar-refractivity contribution in [3.63, 3.8) is 0 Å². The second kappa shape index (κ2) is 7.29. The standard InChI is InChI=1S/C14H13BrClNOS/c15-11-2-1-3-13(7-11)19-9-12(18)6-10-4-5-17-8-14(10)16/h1-5,7-8,12,18H,6,9H2. The van der Waals surface area contributed by atoms with E-state index in [1.807, 2.05) is 30.3 Å². The van der Waals surface area contributed by atoms with Gasteiger partial charge in [0, 0.05) is 33.9 Å². The molecule has 1 unspecified atom stereocenters. The first-order chi connectivity index (χ1) is 9.15. The lowest BCUT2D eigenvalue weighted by Gasteiger charge is -2.11. The highest BCUT2D eigenvalue weighted by molar-refractivity contribution is 9.10. The molecule has 1 aromatic heterocycles. The fourth-order valence-electron chi connectivity index (χ4n) is 1.63. The Hall–Kier alpha value is -0.550. The van der Waals surface area contributed by atoms with E-state index in [0.717, 1.165) is 14.9 Å². The van der Waals surface area contributed by atoms with E-state index in [2.05, 4.69) is 20.9 Å². The quantitative estimate of drug-likeness (QED) is 0.813. The van der Waals surface area contributed by atoms with Gasteiger partial charge in [0.1, 0.15) is 0 Å². The predicted octanol–water partition coefficient (Wildman–Crippen LogP) is 4.19. The van der Waals surface area contributed by atoms with Gasteiger partial charge in [-0.25, -0.2) is 0 Å². The topological polar surface area (TPSA) is 33.1 Å². The number of nitrogens with zero attached hydrogens (tertiary/aromatic N) is 1. The summed E-state index contributed by atoms with van der Waals surface area (Å²) in [6.45, 7) is 0. The Labute approximate surface area is 130 Å². The molecule has 1 heterocycles. The van der Waals surface area contributed by atoms with Gasteiger partial charge in [0.05, 0.1) is 11.1 Å². The summed E-state index contributed by atoms with van der Waals surface area (Å²) in [6.07, 6.45) is 3.41. The maximum atomic E-state index is 10.0. The first-order valence-corrected chi connectivity index (χ1v) is 7.95. The summed E-state index contributed by atoms with van der Waals surface area (Å²) in [7, 11) is 0. The molecule has 5 heteroatoms. The molecular formula is C14H13BrClNOS. The van der Waals surface area contributed by atoms with Crippen molar-refractivity contribution in [1.29, 1.82) is 0 Å². The van der Waals surface area contributed by atoms with Crippen molar-refractivity contribution in [1.82, 2.24) is 4.98 Å². The van der Waals surface area contributed by atoms with E-state index < -0.39 is 6.10 Å². The van der Waals surface area contributed by atoms with Gasteiger partial charge in [-0.1, -0.05) is 33.6 Å². The molecule has 19 heavy (non-hydrogen) atoms. The summed E-state index contributed by atoms with van der Waals surface area (Å²) < 4.78 is 1.05. The minimum Gasteiger partial charge on any atom is -0.392 e. The van der Waals surface area contributed by atoms with Gasteiger partial charge in [0.25, 0.3) is 0 Å². The zero-order chi connectivity index (χ0) is 13.7. The molecule has 1 N–H and O–H groups in total. The van der Waals surface area contributed by atoms with Crippen molar-refractivity contribution in [3.8, 4) is 0 Å². The SMILES string of the molecule is OC(CSc1cccc(Br)c1)Cc1ccncc1Cl. The molecular weight excluding hydrogens is 346 g/mol. The molecule has 2 aromatic rings. The summed E-state index contributed by atoms with van der Waals surface area (Å²) in [5, 5.41) is 10.7. The van der Waals surface area contributed by atoms with Crippen LogP contribution in [0.3, 0.4) is 0 Å². The highest BCUT2D eigenvalue weighted by atomic mass is 79.9. The number of aliphatic hydroxyl groups excluding tert-OH is 1. The van der Waals surface area contributed by atoms with Crippen LogP contribution in [0.4, 0.5) is 0 Å². The normalized spacial score (nSPS) is 12.4. The van der Waals surface area contributed by atoms with Gasteiger partial charge in [-0.15, -0.1) is 11.8 Å². The lowest BCUT2D eigenvalue weighted by Crippen LogP contribution is -2.13. The molecule has 0 fully saturated rings. The van der Waals surface area contributed by atoms with E-state index in [1.54, 1.807) is 24.2 Å². The van der Waals surface area contributed by atoms with Crippen molar-refractivity contribution in [2.45, 2.75) is 17.4 Å². The maximum absolute atomic E-state index is 10.0. The Morgan fingerprint density at radius 3 is 2.95 bits per heavy atom. The lowest BCUT2D eigenvalue weighted by molar-refractivity contribution is 0.200. The Bertz CT molecular complexity index is 552. The summed E-state index contributed by atoms with van der Waals surface area (Å²) in [6, 6.07) is 9.88. The lowest BCUT2D eigenvalue weighted by atomic mass is 10.1. The summed E-state index contributed by atoms with van der Waals surface area (Å²) in [5.41, 5.74) is 0.930. The number of pyridine rings is 1. The first kappa shape index (κ1) is 14.9. The van der Waals surface area contributed by atoms with Crippen LogP contribution in [0.15, 0.2) is 52.1 Å². The second-order valence-electron chi connectivity index (χ2n) is 4.09. The third kappa shape index (κ3) is 4.80. The number of hydrogen-bond donors (Lipinski definition) is 1. The molecule has 0 amide bonds. The minimum atomic E-state index is -0.427. The van der Waals surface area contributed by atoms with Crippen molar-refractivity contribution in [3.05, 3.63) is 57.8 Å². The van der Waals surface area contributed by atoms with Gasteiger partial charge in [-0.05, 0) is 29.8 Å². The van der Waals surface area contributed by atoms with Crippen molar-refractivity contribution < 1.29 is 5.11 Å². The molecule has 0 bridgehead atoms. The van der Waals surface area contributed by atoms with Gasteiger partial charge < -0.3 is 5.11 Å². The molecule has 0 aliphatic rings. The Morgan fingerprint density at radius 1 is 1.37 bits per heavy atom. The smallest absolute Gasteiger partial charge is 0.0674 e. The molecule has 0 spiro atoms. The first-order valence-electron chi connectivity index (χ1n) is 5.80. The molecule has 100 valence electrons. The van der Waals surface area contributed by atoms with E-state index in [-0.39, 0.29) is 0 Å². The number of thioether (sulfide) groups is 1. The highest BCUT2D eigenvalue weighted by Crippen LogP contribution is 2.24. The number of benzene rings is 1.